The molecule has 4 nitrogen and oxygen atoms in total. The van der Waals surface area contributed by atoms with Crippen LogP contribution in [-0.4, -0.2) is 8.42 Å². The van der Waals surface area contributed by atoms with Gasteiger partial charge in [-0.25, -0.2) is 13.2 Å². The number of aryl methyl sites for hydroxylation is 1. The van der Waals surface area contributed by atoms with Crippen LogP contribution in [0.15, 0.2) is 97.9 Å². The minimum absolute atomic E-state index is 0.0564. The molecule has 0 unspecified atom stereocenters. The second-order valence-electron chi connectivity index (χ2n) is 6.28. The van der Waals surface area contributed by atoms with Gasteiger partial charge in [-0.1, -0.05) is 60.7 Å². The molecule has 134 valence electrons. The van der Waals surface area contributed by atoms with Crippen molar-refractivity contribution in [2.24, 2.45) is 0 Å². The van der Waals surface area contributed by atoms with Crippen molar-refractivity contribution in [3.8, 4) is 11.1 Å². The lowest BCUT2D eigenvalue weighted by Gasteiger charge is -2.13. The van der Waals surface area contributed by atoms with E-state index in [4.69, 9.17) is 4.42 Å². The van der Waals surface area contributed by atoms with Gasteiger partial charge in [0.15, 0.2) is 4.90 Å². The third kappa shape index (κ3) is 2.96. The minimum atomic E-state index is -4.06. The Morgan fingerprint density at radius 1 is 0.815 bits per heavy atom. The van der Waals surface area contributed by atoms with Gasteiger partial charge in [-0.15, -0.1) is 0 Å². The summed E-state index contributed by atoms with van der Waals surface area (Å²) in [7, 11) is -4.06. The Kier molecular flexibility index (Phi) is 4.16. The summed E-state index contributed by atoms with van der Waals surface area (Å²) in [5, 5.41) is 0.584. The van der Waals surface area contributed by atoms with Crippen LogP contribution in [0.1, 0.15) is 5.56 Å². The van der Waals surface area contributed by atoms with Crippen LogP contribution >= 0.6 is 0 Å². The molecule has 1 aromatic heterocycles. The van der Waals surface area contributed by atoms with Gasteiger partial charge < -0.3 is 4.42 Å². The lowest BCUT2D eigenvalue weighted by molar-refractivity contribution is 0.533. The van der Waals surface area contributed by atoms with Crippen molar-refractivity contribution in [1.82, 2.24) is 0 Å². The van der Waals surface area contributed by atoms with Crippen LogP contribution < -0.4 is 5.63 Å². The average Bonchev–Trinajstić information content (AvgIpc) is 2.68. The van der Waals surface area contributed by atoms with Crippen molar-refractivity contribution < 1.29 is 12.8 Å². The van der Waals surface area contributed by atoms with Gasteiger partial charge in [0.05, 0.1) is 4.90 Å². The van der Waals surface area contributed by atoms with E-state index in [1.54, 1.807) is 42.5 Å². The van der Waals surface area contributed by atoms with E-state index < -0.39 is 15.5 Å². The third-order valence-electron chi connectivity index (χ3n) is 4.41. The molecule has 0 aliphatic carbocycles. The van der Waals surface area contributed by atoms with Crippen LogP contribution in [0.4, 0.5) is 0 Å². The highest BCUT2D eigenvalue weighted by Crippen LogP contribution is 2.35. The predicted molar refractivity (Wildman–Crippen MR) is 105 cm³/mol. The van der Waals surface area contributed by atoms with E-state index in [9.17, 15) is 13.2 Å². The van der Waals surface area contributed by atoms with Crippen LogP contribution in [0.2, 0.25) is 0 Å². The summed E-state index contributed by atoms with van der Waals surface area (Å²) in [6, 6.07) is 22.4. The van der Waals surface area contributed by atoms with E-state index >= 15 is 0 Å². The zero-order chi connectivity index (χ0) is 19.0. The number of sulfone groups is 1. The molecule has 0 spiro atoms. The van der Waals surface area contributed by atoms with Crippen molar-refractivity contribution >= 4 is 20.8 Å². The van der Waals surface area contributed by atoms with Crippen molar-refractivity contribution in [3.63, 3.8) is 0 Å². The molecule has 4 aromatic rings. The van der Waals surface area contributed by atoms with Crippen molar-refractivity contribution in [3.05, 3.63) is 94.8 Å². The first-order valence-electron chi connectivity index (χ1n) is 8.41. The van der Waals surface area contributed by atoms with Gasteiger partial charge in [0.25, 0.3) is 0 Å². The Hall–Kier alpha value is -3.18. The second kappa shape index (κ2) is 6.52. The average molecular weight is 376 g/mol. The van der Waals surface area contributed by atoms with Gasteiger partial charge in [-0.05, 0) is 36.2 Å². The van der Waals surface area contributed by atoms with E-state index in [1.165, 1.54) is 12.1 Å². The monoisotopic (exact) mass is 376 g/mol. The predicted octanol–water partition coefficient (Wildman–Crippen LogP) is 4.60. The summed E-state index contributed by atoms with van der Waals surface area (Å²) in [4.78, 5) is 12.5. The molecule has 0 atom stereocenters. The molecule has 3 aromatic carbocycles. The highest BCUT2D eigenvalue weighted by atomic mass is 32.2. The molecule has 0 N–H and O–H groups in total. The summed E-state index contributed by atoms with van der Waals surface area (Å²) in [5.74, 6) is 0. The molecule has 0 saturated heterocycles. The highest BCUT2D eigenvalue weighted by Gasteiger charge is 2.29. The van der Waals surface area contributed by atoms with Crippen molar-refractivity contribution in [1.29, 1.82) is 0 Å². The summed E-state index contributed by atoms with van der Waals surface area (Å²) in [6.07, 6.45) is 0. The zero-order valence-electron chi connectivity index (χ0n) is 14.5. The number of rotatable bonds is 3. The second-order valence-corrected chi connectivity index (χ2v) is 8.16. The van der Waals surface area contributed by atoms with Gasteiger partial charge in [0.2, 0.25) is 9.84 Å². The summed E-state index contributed by atoms with van der Waals surface area (Å²) < 4.78 is 32.0. The number of hydrogen-bond acceptors (Lipinski definition) is 4. The van der Waals surface area contributed by atoms with E-state index in [1.807, 2.05) is 31.2 Å². The lowest BCUT2D eigenvalue weighted by atomic mass is 10.0. The summed E-state index contributed by atoms with van der Waals surface area (Å²) >= 11 is 0. The van der Waals surface area contributed by atoms with Crippen LogP contribution in [0.3, 0.4) is 0 Å². The Labute approximate surface area is 156 Å². The number of benzene rings is 3. The van der Waals surface area contributed by atoms with Crippen LogP contribution in [0.25, 0.3) is 22.1 Å². The molecule has 4 rings (SSSR count). The van der Waals surface area contributed by atoms with E-state index in [0.29, 0.717) is 22.1 Å². The molecule has 27 heavy (non-hydrogen) atoms. The number of hydrogen-bond donors (Lipinski definition) is 0. The molecule has 0 aliphatic rings. The van der Waals surface area contributed by atoms with Crippen LogP contribution in [0.5, 0.6) is 0 Å². The molecule has 0 radical (unpaired) electrons. The molecular formula is C22H16O4S. The van der Waals surface area contributed by atoms with Crippen molar-refractivity contribution in [2.75, 3.05) is 0 Å². The molecule has 0 bridgehead atoms. The van der Waals surface area contributed by atoms with E-state index in [0.717, 1.165) is 5.56 Å². The van der Waals surface area contributed by atoms with Crippen molar-refractivity contribution in [2.45, 2.75) is 16.7 Å². The Morgan fingerprint density at radius 3 is 2.11 bits per heavy atom. The van der Waals surface area contributed by atoms with Gasteiger partial charge in [-0.2, -0.15) is 0 Å². The number of fused-ring (bicyclic) bond motifs is 1. The Morgan fingerprint density at radius 2 is 1.44 bits per heavy atom. The van der Waals surface area contributed by atoms with Gasteiger partial charge >= 0.3 is 5.63 Å². The lowest BCUT2D eigenvalue weighted by Crippen LogP contribution is -2.16. The maximum absolute atomic E-state index is 13.3. The summed E-state index contributed by atoms with van der Waals surface area (Å²) in [5.41, 5.74) is 1.43. The minimum Gasteiger partial charge on any atom is -0.422 e. The topological polar surface area (TPSA) is 64.3 Å². The van der Waals surface area contributed by atoms with Crippen LogP contribution in [0, 0.1) is 6.92 Å². The molecule has 0 amide bonds. The zero-order valence-corrected chi connectivity index (χ0v) is 15.4. The fraction of sp³-hybridized carbons (Fsp3) is 0.0455. The summed E-state index contributed by atoms with van der Waals surface area (Å²) in [6.45, 7) is 1.89. The first-order valence-corrected chi connectivity index (χ1v) is 9.90. The van der Waals surface area contributed by atoms with E-state index in [-0.39, 0.29) is 9.79 Å². The molecule has 5 heteroatoms. The fourth-order valence-electron chi connectivity index (χ4n) is 3.14. The Bertz CT molecular complexity index is 1290. The smallest absolute Gasteiger partial charge is 0.356 e. The SMILES string of the molecule is Cc1ccc2c(-c3ccccc3)c(S(=O)(=O)c3ccccc3)c(=O)oc2c1. The fourth-order valence-corrected chi connectivity index (χ4v) is 4.65. The first kappa shape index (κ1) is 17.2. The molecule has 0 aliphatic heterocycles. The first-order chi connectivity index (χ1) is 13.0. The van der Waals surface area contributed by atoms with Gasteiger partial charge in [-0.3, -0.25) is 0 Å². The standard InChI is InChI=1S/C22H16O4S/c1-15-12-13-18-19(14-15)26-22(23)21(20(18)16-8-4-2-5-9-16)27(24,25)17-10-6-3-7-11-17/h2-14H,1H3. The quantitative estimate of drug-likeness (QED) is 0.490. The molecule has 1 heterocycles. The Balaban J connectivity index is 2.17. The highest BCUT2D eigenvalue weighted by molar-refractivity contribution is 7.91. The largest absolute Gasteiger partial charge is 0.422 e. The third-order valence-corrected chi connectivity index (χ3v) is 6.21. The van der Waals surface area contributed by atoms with Gasteiger partial charge in [0.1, 0.15) is 5.58 Å². The normalized spacial score (nSPS) is 11.6. The van der Waals surface area contributed by atoms with Gasteiger partial charge in [0, 0.05) is 10.9 Å². The molecule has 0 saturated carbocycles. The molecule has 0 fully saturated rings. The van der Waals surface area contributed by atoms with Crippen LogP contribution in [-0.2, 0) is 9.84 Å². The maximum atomic E-state index is 13.3. The molecular weight excluding hydrogens is 360 g/mol. The maximum Gasteiger partial charge on any atom is 0.356 e. The van der Waals surface area contributed by atoms with E-state index in [2.05, 4.69) is 0 Å².